The van der Waals surface area contributed by atoms with Gasteiger partial charge in [0.15, 0.2) is 6.29 Å². The molecule has 59 valence electrons. The second kappa shape index (κ2) is 3.04. The van der Waals surface area contributed by atoms with E-state index in [1.807, 2.05) is 18.4 Å². The zero-order valence-corrected chi connectivity index (χ0v) is 7.00. The van der Waals surface area contributed by atoms with Gasteiger partial charge >= 0.3 is 0 Å². The molecular weight excluding hydrogens is 136 g/mol. The molecule has 0 N–H and O–H groups in total. The van der Waals surface area contributed by atoms with E-state index in [4.69, 9.17) is 0 Å². The summed E-state index contributed by atoms with van der Waals surface area (Å²) in [5, 5.41) is 0. The summed E-state index contributed by atoms with van der Waals surface area (Å²) >= 11 is 0. The Bertz CT molecular complexity index is 199. The van der Waals surface area contributed by atoms with Gasteiger partial charge in [-0.15, -0.1) is 0 Å². The van der Waals surface area contributed by atoms with Crippen LogP contribution in [0.5, 0.6) is 0 Å². The van der Waals surface area contributed by atoms with Crippen molar-refractivity contribution in [2.24, 2.45) is 11.3 Å². The minimum absolute atomic E-state index is 0.117. The summed E-state index contributed by atoms with van der Waals surface area (Å²) < 4.78 is 0. The number of hydrogen-bond acceptors (Lipinski definition) is 1. The fourth-order valence-electron chi connectivity index (χ4n) is 1.29. The molecule has 1 aliphatic carbocycles. The van der Waals surface area contributed by atoms with Gasteiger partial charge in [-0.3, -0.25) is 4.79 Å². The first-order valence-electron chi connectivity index (χ1n) is 3.88. The molecule has 0 fully saturated rings. The van der Waals surface area contributed by atoms with Gasteiger partial charge in [0, 0.05) is 6.42 Å². The zero-order valence-electron chi connectivity index (χ0n) is 7.00. The van der Waals surface area contributed by atoms with E-state index in [2.05, 4.69) is 26.0 Å². The van der Waals surface area contributed by atoms with Gasteiger partial charge in [0.1, 0.15) is 0 Å². The van der Waals surface area contributed by atoms with Gasteiger partial charge in [0.2, 0.25) is 0 Å². The van der Waals surface area contributed by atoms with Crippen molar-refractivity contribution in [2.75, 3.05) is 0 Å². The number of hydrogen-bond donors (Lipinski definition) is 0. The highest BCUT2D eigenvalue weighted by Crippen LogP contribution is 2.33. The minimum Gasteiger partial charge on any atom is -0.291 e. The Morgan fingerprint density at radius 3 is 2.73 bits per heavy atom. The largest absolute Gasteiger partial charge is 0.291 e. The lowest BCUT2D eigenvalue weighted by Gasteiger charge is -2.29. The summed E-state index contributed by atoms with van der Waals surface area (Å²) in [6, 6.07) is 0. The van der Waals surface area contributed by atoms with E-state index in [1.165, 1.54) is 0 Å². The minimum atomic E-state index is 0.117. The molecule has 1 unspecified atom stereocenters. The molecule has 1 aliphatic rings. The van der Waals surface area contributed by atoms with E-state index >= 15 is 0 Å². The van der Waals surface area contributed by atoms with Gasteiger partial charge in [0.25, 0.3) is 0 Å². The summed E-state index contributed by atoms with van der Waals surface area (Å²) in [4.78, 5) is 10.2. The molecular formula is C10H13O. The Labute approximate surface area is 67.8 Å². The van der Waals surface area contributed by atoms with Crippen molar-refractivity contribution in [1.29, 1.82) is 0 Å². The maximum absolute atomic E-state index is 10.2. The van der Waals surface area contributed by atoms with Crippen LogP contribution in [0.3, 0.4) is 0 Å². The van der Waals surface area contributed by atoms with Crippen LogP contribution >= 0.6 is 0 Å². The topological polar surface area (TPSA) is 17.1 Å². The highest BCUT2D eigenvalue weighted by Gasteiger charge is 2.25. The van der Waals surface area contributed by atoms with Crippen molar-refractivity contribution < 1.29 is 4.79 Å². The van der Waals surface area contributed by atoms with Crippen LogP contribution in [0.1, 0.15) is 20.3 Å². The first-order valence-corrected chi connectivity index (χ1v) is 3.88. The van der Waals surface area contributed by atoms with Gasteiger partial charge in [-0.2, -0.15) is 0 Å². The van der Waals surface area contributed by atoms with Crippen molar-refractivity contribution in [3.8, 4) is 0 Å². The van der Waals surface area contributed by atoms with Gasteiger partial charge in [-0.25, -0.2) is 0 Å². The molecule has 0 bridgehead atoms. The summed E-state index contributed by atoms with van der Waals surface area (Å²) in [7, 11) is 0. The third-order valence-electron chi connectivity index (χ3n) is 2.24. The van der Waals surface area contributed by atoms with Gasteiger partial charge < -0.3 is 0 Å². The molecule has 1 rings (SSSR count). The van der Waals surface area contributed by atoms with Gasteiger partial charge in [0.05, 0.1) is 0 Å². The standard InChI is InChI=1S/C10H13O/c1-10(2)7-4-3-5-9(10)6-8-11/h3-5,7,9H,6H2,1-2H3. The molecule has 0 saturated carbocycles. The smallest absolute Gasteiger partial charge is 0.199 e. The Morgan fingerprint density at radius 2 is 2.18 bits per heavy atom. The third kappa shape index (κ3) is 1.79. The molecule has 0 spiro atoms. The maximum Gasteiger partial charge on any atom is 0.199 e. The molecule has 0 aliphatic heterocycles. The Hall–Kier alpha value is -0.850. The Morgan fingerprint density at radius 1 is 1.45 bits per heavy atom. The zero-order chi connectivity index (χ0) is 8.32. The lowest BCUT2D eigenvalue weighted by molar-refractivity contribution is 0.343. The number of carbonyl (C=O) groups excluding carboxylic acids is 1. The average Bonchev–Trinajstić information content (AvgIpc) is 1.94. The van der Waals surface area contributed by atoms with Crippen LogP contribution in [0, 0.1) is 11.3 Å². The predicted octanol–water partition coefficient (Wildman–Crippen LogP) is 2.25. The summed E-state index contributed by atoms with van der Waals surface area (Å²) in [6.07, 6.45) is 10.7. The Balaban J connectivity index is 2.71. The lowest BCUT2D eigenvalue weighted by Crippen LogP contribution is -2.21. The monoisotopic (exact) mass is 149 g/mol. The molecule has 1 nitrogen and oxygen atoms in total. The quantitative estimate of drug-likeness (QED) is 0.588. The van der Waals surface area contributed by atoms with E-state index in [0.29, 0.717) is 12.3 Å². The fourth-order valence-corrected chi connectivity index (χ4v) is 1.29. The predicted molar refractivity (Wildman–Crippen MR) is 45.9 cm³/mol. The highest BCUT2D eigenvalue weighted by atomic mass is 16.1. The lowest BCUT2D eigenvalue weighted by atomic mass is 9.75. The molecule has 0 amide bonds. The van der Waals surface area contributed by atoms with Gasteiger partial charge in [-0.05, 0) is 11.3 Å². The maximum atomic E-state index is 10.2. The molecule has 0 heterocycles. The first kappa shape index (κ1) is 8.25. The molecule has 1 radical (unpaired) electrons. The van der Waals surface area contributed by atoms with Crippen LogP contribution in [-0.2, 0) is 4.79 Å². The third-order valence-corrected chi connectivity index (χ3v) is 2.24. The second-order valence-corrected chi connectivity index (χ2v) is 3.52. The average molecular weight is 149 g/mol. The van der Waals surface area contributed by atoms with E-state index < -0.39 is 0 Å². The van der Waals surface area contributed by atoms with E-state index in [0.717, 1.165) is 0 Å². The first-order chi connectivity index (χ1) is 5.17. The van der Waals surface area contributed by atoms with Crippen LogP contribution < -0.4 is 0 Å². The number of rotatable bonds is 2. The molecule has 11 heavy (non-hydrogen) atoms. The summed E-state index contributed by atoms with van der Waals surface area (Å²) in [5.41, 5.74) is 0.117. The van der Waals surface area contributed by atoms with Crippen LogP contribution in [-0.4, -0.2) is 6.29 Å². The van der Waals surface area contributed by atoms with E-state index in [9.17, 15) is 4.79 Å². The number of allylic oxidation sites excluding steroid dienone is 4. The van der Waals surface area contributed by atoms with E-state index in [1.54, 1.807) is 0 Å². The Kier molecular flexibility index (Phi) is 2.28. The van der Waals surface area contributed by atoms with Crippen molar-refractivity contribution >= 4 is 6.29 Å². The van der Waals surface area contributed by atoms with Crippen LogP contribution in [0.4, 0.5) is 0 Å². The summed E-state index contributed by atoms with van der Waals surface area (Å²) in [5.74, 6) is 0.324. The SMILES string of the molecule is CC1(C)C=CC=CC1C[C]=O. The summed E-state index contributed by atoms with van der Waals surface area (Å²) in [6.45, 7) is 4.27. The fraction of sp³-hybridized carbons (Fsp3) is 0.500. The highest BCUT2D eigenvalue weighted by molar-refractivity contribution is 5.52. The van der Waals surface area contributed by atoms with Crippen molar-refractivity contribution in [2.45, 2.75) is 20.3 Å². The van der Waals surface area contributed by atoms with E-state index in [-0.39, 0.29) is 5.41 Å². The van der Waals surface area contributed by atoms with Crippen LogP contribution in [0.15, 0.2) is 24.3 Å². The molecule has 0 saturated heterocycles. The molecule has 0 aromatic heterocycles. The van der Waals surface area contributed by atoms with Crippen LogP contribution in [0.2, 0.25) is 0 Å². The second-order valence-electron chi connectivity index (χ2n) is 3.52. The van der Waals surface area contributed by atoms with Crippen molar-refractivity contribution in [3.05, 3.63) is 24.3 Å². The van der Waals surface area contributed by atoms with Crippen LogP contribution in [0.25, 0.3) is 0 Å². The van der Waals surface area contributed by atoms with Crippen molar-refractivity contribution in [3.63, 3.8) is 0 Å². The molecule has 1 atom stereocenters. The van der Waals surface area contributed by atoms with Gasteiger partial charge in [-0.1, -0.05) is 38.2 Å². The molecule has 1 heteroatoms. The normalized spacial score (nSPS) is 26.9. The van der Waals surface area contributed by atoms with Crippen molar-refractivity contribution in [1.82, 2.24) is 0 Å². The molecule has 0 aromatic rings. The molecule has 0 aromatic carbocycles.